The minimum Gasteiger partial charge on any atom is -0.490 e. The molecule has 2 aliphatic carbocycles. The molecule has 0 radical (unpaired) electrons. The van der Waals surface area contributed by atoms with Crippen molar-refractivity contribution in [1.82, 2.24) is 0 Å². The Bertz CT molecular complexity index is 1250. The molecule has 204 valence electrons. The van der Waals surface area contributed by atoms with Gasteiger partial charge in [0, 0.05) is 23.5 Å². The maximum atomic E-state index is 13.0. The highest BCUT2D eigenvalue weighted by molar-refractivity contribution is 6.30. The van der Waals surface area contributed by atoms with Gasteiger partial charge in [0.1, 0.15) is 11.4 Å². The molecule has 1 heterocycles. The number of fused-ring (bicyclic) bond motifs is 3. The molecule has 3 aliphatic rings. The Morgan fingerprint density at radius 3 is 2.63 bits per heavy atom. The van der Waals surface area contributed by atoms with E-state index in [1.165, 1.54) is 18.2 Å². The van der Waals surface area contributed by atoms with Crippen molar-refractivity contribution in [2.75, 3.05) is 31.7 Å². The van der Waals surface area contributed by atoms with E-state index >= 15 is 0 Å². The Balaban J connectivity index is 1.55. The molecule has 5 rings (SSSR count). The van der Waals surface area contributed by atoms with Crippen LogP contribution in [0.2, 0.25) is 5.02 Å². The Morgan fingerprint density at radius 2 is 1.95 bits per heavy atom. The fraction of sp³-hybridized carbons (Fsp3) is 0.548. The van der Waals surface area contributed by atoms with Crippen LogP contribution in [0, 0.1) is 11.3 Å². The third-order valence-electron chi connectivity index (χ3n) is 8.68. The lowest BCUT2D eigenvalue weighted by Crippen LogP contribution is -2.53. The van der Waals surface area contributed by atoms with Crippen molar-refractivity contribution in [3.8, 4) is 5.75 Å². The monoisotopic (exact) mass is 539 g/mol. The molecule has 1 aliphatic heterocycles. The van der Waals surface area contributed by atoms with Gasteiger partial charge in [-0.1, -0.05) is 17.7 Å². The van der Waals surface area contributed by atoms with E-state index in [2.05, 4.69) is 17.0 Å². The Labute approximate surface area is 230 Å². The van der Waals surface area contributed by atoms with Gasteiger partial charge in [-0.3, -0.25) is 4.79 Å². The molecule has 38 heavy (non-hydrogen) atoms. The maximum Gasteiger partial charge on any atom is 0.338 e. The van der Waals surface area contributed by atoms with Crippen molar-refractivity contribution in [2.45, 2.75) is 70.8 Å². The van der Waals surface area contributed by atoms with Crippen molar-refractivity contribution >= 4 is 29.2 Å². The summed E-state index contributed by atoms with van der Waals surface area (Å²) in [6.45, 7) is 9.53. The largest absolute Gasteiger partial charge is 0.490 e. The number of halogens is 1. The fourth-order valence-electron chi connectivity index (χ4n) is 6.42. The van der Waals surface area contributed by atoms with Gasteiger partial charge >= 0.3 is 11.9 Å². The molecule has 0 aromatic heterocycles. The zero-order valence-corrected chi connectivity index (χ0v) is 23.8. The second-order valence-electron chi connectivity index (χ2n) is 12.4. The third-order valence-corrected chi connectivity index (χ3v) is 8.91. The van der Waals surface area contributed by atoms with Gasteiger partial charge in [0.05, 0.1) is 30.4 Å². The summed E-state index contributed by atoms with van der Waals surface area (Å²) in [6.07, 6.45) is 4.79. The first-order valence-electron chi connectivity index (χ1n) is 13.6. The zero-order chi connectivity index (χ0) is 27.3. The van der Waals surface area contributed by atoms with E-state index < -0.39 is 11.0 Å². The lowest BCUT2D eigenvalue weighted by molar-refractivity contribution is -0.162. The molecular weight excluding hydrogens is 502 g/mol. The smallest absolute Gasteiger partial charge is 0.338 e. The van der Waals surface area contributed by atoms with Crippen molar-refractivity contribution in [3.63, 3.8) is 0 Å². The molecule has 0 saturated heterocycles. The van der Waals surface area contributed by atoms with Crippen LogP contribution < -0.4 is 9.64 Å². The summed E-state index contributed by atoms with van der Waals surface area (Å²) in [5.74, 6) is 0.362. The number of hydrogen-bond acceptors (Lipinski definition) is 6. The number of ether oxygens (including phenoxy) is 3. The molecule has 2 aromatic rings. The van der Waals surface area contributed by atoms with E-state index in [1.807, 2.05) is 45.9 Å². The van der Waals surface area contributed by atoms with Crippen LogP contribution in [-0.4, -0.2) is 44.3 Å². The number of esters is 2. The summed E-state index contributed by atoms with van der Waals surface area (Å²) < 4.78 is 17.4. The molecular formula is C31H38ClNO5. The van der Waals surface area contributed by atoms with Gasteiger partial charge in [-0.15, -0.1) is 0 Å². The predicted molar refractivity (Wildman–Crippen MR) is 148 cm³/mol. The van der Waals surface area contributed by atoms with Gasteiger partial charge in [-0.05, 0) is 107 Å². The van der Waals surface area contributed by atoms with Gasteiger partial charge in [-0.2, -0.15) is 0 Å². The Kier molecular flexibility index (Phi) is 6.91. The Hall–Kier alpha value is -2.73. The summed E-state index contributed by atoms with van der Waals surface area (Å²) in [5, 5.41) is 0.751. The third kappa shape index (κ3) is 4.88. The first-order chi connectivity index (χ1) is 17.9. The van der Waals surface area contributed by atoms with Gasteiger partial charge in [0.15, 0.2) is 0 Å². The summed E-state index contributed by atoms with van der Waals surface area (Å²) in [7, 11) is 1.46. The molecule has 0 amide bonds. The molecule has 1 spiro atoms. The topological polar surface area (TPSA) is 65.1 Å². The number of rotatable bonds is 4. The van der Waals surface area contributed by atoms with Gasteiger partial charge in [0.2, 0.25) is 0 Å². The number of nitrogens with zero attached hydrogens (tertiary/aromatic N) is 1. The minimum absolute atomic E-state index is 0.136. The van der Waals surface area contributed by atoms with Crippen molar-refractivity contribution in [2.24, 2.45) is 11.3 Å². The number of benzene rings is 2. The van der Waals surface area contributed by atoms with E-state index in [1.54, 1.807) is 6.07 Å². The van der Waals surface area contributed by atoms with Crippen LogP contribution in [0.15, 0.2) is 36.4 Å². The van der Waals surface area contributed by atoms with E-state index in [0.29, 0.717) is 18.7 Å². The highest BCUT2D eigenvalue weighted by Gasteiger charge is 2.51. The molecule has 1 fully saturated rings. The summed E-state index contributed by atoms with van der Waals surface area (Å²) in [5.41, 5.74) is 2.57. The summed E-state index contributed by atoms with van der Waals surface area (Å²) in [4.78, 5) is 28.0. The standard InChI is InChI=1S/C31H38ClNO5/c1-29(2,3)38-27(34)21-8-11-26-25(16-21)33(17-22-12-14-30(22,4)28(35)36-5)18-31(19-37-26)13-6-7-20-15-23(32)9-10-24(20)31/h8-11,15-16,22H,6-7,12-14,17-19H2,1-5H3/t22-,30+,31?/m0/s1. The second kappa shape index (κ2) is 9.78. The number of carbonyl (C=O) groups excluding carboxylic acids is 2. The van der Waals surface area contributed by atoms with E-state index in [4.69, 9.17) is 25.8 Å². The first-order valence-corrected chi connectivity index (χ1v) is 13.9. The zero-order valence-electron chi connectivity index (χ0n) is 23.1. The van der Waals surface area contributed by atoms with Gasteiger partial charge in [0.25, 0.3) is 0 Å². The lowest BCUT2D eigenvalue weighted by atomic mass is 9.61. The molecule has 7 heteroatoms. The van der Waals surface area contributed by atoms with Crippen LogP contribution in [0.5, 0.6) is 5.75 Å². The molecule has 0 bridgehead atoms. The van der Waals surface area contributed by atoms with Crippen LogP contribution in [0.25, 0.3) is 0 Å². The predicted octanol–water partition coefficient (Wildman–Crippen LogP) is 6.36. The van der Waals surface area contributed by atoms with Crippen LogP contribution in [0.1, 0.15) is 74.9 Å². The normalized spacial score (nSPS) is 26.4. The van der Waals surface area contributed by atoms with Gasteiger partial charge in [-0.25, -0.2) is 4.79 Å². The molecule has 1 saturated carbocycles. The SMILES string of the molecule is COC(=O)[C@]1(C)CC[C@H]1CN1CC2(CCCc3cc(Cl)ccc32)COc2ccc(C(=O)OC(C)(C)C)cc21. The van der Waals surface area contributed by atoms with Crippen LogP contribution in [0.4, 0.5) is 5.69 Å². The Morgan fingerprint density at radius 1 is 1.16 bits per heavy atom. The summed E-state index contributed by atoms with van der Waals surface area (Å²) in [6, 6.07) is 11.8. The molecule has 3 atom stereocenters. The summed E-state index contributed by atoms with van der Waals surface area (Å²) >= 11 is 6.37. The van der Waals surface area contributed by atoms with E-state index in [0.717, 1.165) is 55.1 Å². The van der Waals surface area contributed by atoms with Crippen LogP contribution >= 0.6 is 11.6 Å². The molecule has 2 aromatic carbocycles. The molecule has 1 unspecified atom stereocenters. The van der Waals surface area contributed by atoms with E-state index in [-0.39, 0.29) is 23.3 Å². The second-order valence-corrected chi connectivity index (χ2v) is 12.9. The van der Waals surface area contributed by atoms with E-state index in [9.17, 15) is 9.59 Å². The minimum atomic E-state index is -0.592. The van der Waals surface area contributed by atoms with Crippen LogP contribution in [0.3, 0.4) is 0 Å². The molecule has 0 N–H and O–H groups in total. The average Bonchev–Trinajstić information content (AvgIpc) is 3.01. The fourth-order valence-corrected chi connectivity index (χ4v) is 6.61. The average molecular weight is 540 g/mol. The number of hydrogen-bond donors (Lipinski definition) is 0. The van der Waals surface area contributed by atoms with Crippen molar-refractivity contribution in [1.29, 1.82) is 0 Å². The number of aryl methyl sites for hydroxylation is 1. The highest BCUT2D eigenvalue weighted by atomic mass is 35.5. The van der Waals surface area contributed by atoms with Crippen LogP contribution in [-0.2, 0) is 26.1 Å². The quantitative estimate of drug-likeness (QED) is 0.421. The lowest BCUT2D eigenvalue weighted by Gasteiger charge is -2.48. The van der Waals surface area contributed by atoms with Crippen molar-refractivity contribution in [3.05, 3.63) is 58.1 Å². The number of methoxy groups -OCH3 is 1. The maximum absolute atomic E-state index is 13.0. The van der Waals surface area contributed by atoms with Crippen molar-refractivity contribution < 1.29 is 23.8 Å². The molecule has 6 nitrogen and oxygen atoms in total. The first kappa shape index (κ1) is 26.9. The highest BCUT2D eigenvalue weighted by Crippen LogP contribution is 2.50. The number of anilines is 1. The number of carbonyl (C=O) groups is 2. The van der Waals surface area contributed by atoms with Gasteiger partial charge < -0.3 is 19.1 Å².